The standard InChI is InChI=1S/C24H26N6O2/c1-16-20-11-21(31)30(13-17-7-4-3-5-8-17)23(20)27-22(26-16)18-9-6-10-29(15-18)24(32)19-12-25-28(2)14-19/h3-5,7-8,12,14,18H,6,9-11,13,15H2,1-2H3/t18-/m1/s1. The zero-order chi connectivity index (χ0) is 22.2. The van der Waals surface area contributed by atoms with Gasteiger partial charge in [0.15, 0.2) is 0 Å². The van der Waals surface area contributed by atoms with Gasteiger partial charge in [-0.3, -0.25) is 19.2 Å². The third-order valence-corrected chi connectivity index (χ3v) is 6.30. The minimum Gasteiger partial charge on any atom is -0.338 e. The first-order valence-corrected chi connectivity index (χ1v) is 11.0. The van der Waals surface area contributed by atoms with Crippen molar-refractivity contribution in [1.29, 1.82) is 0 Å². The molecule has 4 heterocycles. The predicted molar refractivity (Wildman–Crippen MR) is 119 cm³/mol. The highest BCUT2D eigenvalue weighted by Gasteiger charge is 2.34. The number of likely N-dealkylation sites (tertiary alicyclic amines) is 1. The van der Waals surface area contributed by atoms with Crippen molar-refractivity contribution < 1.29 is 9.59 Å². The number of rotatable bonds is 4. The van der Waals surface area contributed by atoms with Crippen LogP contribution in [0.3, 0.4) is 0 Å². The lowest BCUT2D eigenvalue weighted by molar-refractivity contribution is -0.117. The third-order valence-electron chi connectivity index (χ3n) is 6.30. The fourth-order valence-corrected chi connectivity index (χ4v) is 4.60. The second kappa shape index (κ2) is 8.18. The summed E-state index contributed by atoms with van der Waals surface area (Å²) < 4.78 is 1.64. The quantitative estimate of drug-likeness (QED) is 0.635. The van der Waals surface area contributed by atoms with Crippen molar-refractivity contribution in [2.75, 3.05) is 18.0 Å². The summed E-state index contributed by atoms with van der Waals surface area (Å²) >= 11 is 0. The van der Waals surface area contributed by atoms with Crippen LogP contribution in [-0.4, -0.2) is 49.6 Å². The average Bonchev–Trinajstić information content (AvgIpc) is 3.38. The number of carbonyl (C=O) groups is 2. The Morgan fingerprint density at radius 1 is 1.19 bits per heavy atom. The molecule has 0 N–H and O–H groups in total. The van der Waals surface area contributed by atoms with Gasteiger partial charge in [0.05, 0.1) is 24.7 Å². The number of aromatic nitrogens is 4. The fraction of sp³-hybridized carbons (Fsp3) is 0.375. The van der Waals surface area contributed by atoms with Crippen LogP contribution < -0.4 is 4.90 Å². The summed E-state index contributed by atoms with van der Waals surface area (Å²) in [6.07, 6.45) is 5.50. The number of benzene rings is 1. The average molecular weight is 431 g/mol. The molecular weight excluding hydrogens is 404 g/mol. The Morgan fingerprint density at radius 2 is 2.00 bits per heavy atom. The highest BCUT2D eigenvalue weighted by molar-refractivity contribution is 6.00. The number of nitrogens with zero attached hydrogens (tertiary/aromatic N) is 6. The van der Waals surface area contributed by atoms with E-state index in [1.807, 2.05) is 42.2 Å². The normalized spacial score (nSPS) is 18.2. The molecule has 8 nitrogen and oxygen atoms in total. The number of anilines is 1. The number of fused-ring (bicyclic) bond motifs is 1. The number of hydrogen-bond donors (Lipinski definition) is 0. The first-order chi connectivity index (χ1) is 15.5. The Labute approximate surface area is 186 Å². The summed E-state index contributed by atoms with van der Waals surface area (Å²) in [6, 6.07) is 9.95. The Morgan fingerprint density at radius 3 is 2.75 bits per heavy atom. The van der Waals surface area contributed by atoms with Gasteiger partial charge in [-0.25, -0.2) is 9.97 Å². The third kappa shape index (κ3) is 3.77. The zero-order valence-corrected chi connectivity index (χ0v) is 18.4. The van der Waals surface area contributed by atoms with Crippen molar-refractivity contribution in [3.05, 3.63) is 70.9 Å². The number of amides is 2. The van der Waals surface area contributed by atoms with Crippen molar-refractivity contribution >= 4 is 17.6 Å². The molecule has 2 amide bonds. The monoisotopic (exact) mass is 430 g/mol. The zero-order valence-electron chi connectivity index (χ0n) is 18.4. The van der Waals surface area contributed by atoms with Crippen LogP contribution in [0.1, 0.15) is 51.8 Å². The molecule has 164 valence electrons. The maximum Gasteiger partial charge on any atom is 0.257 e. The van der Waals surface area contributed by atoms with E-state index in [1.54, 1.807) is 29.0 Å². The lowest BCUT2D eigenvalue weighted by atomic mass is 9.96. The smallest absolute Gasteiger partial charge is 0.257 e. The van der Waals surface area contributed by atoms with E-state index in [0.29, 0.717) is 31.6 Å². The molecule has 0 bridgehead atoms. The van der Waals surface area contributed by atoms with Crippen LogP contribution in [0.15, 0.2) is 42.7 Å². The van der Waals surface area contributed by atoms with Crippen LogP contribution in [-0.2, 0) is 24.8 Å². The van der Waals surface area contributed by atoms with E-state index in [1.165, 1.54) is 0 Å². The van der Waals surface area contributed by atoms with E-state index in [4.69, 9.17) is 9.97 Å². The first kappa shape index (κ1) is 20.4. The van der Waals surface area contributed by atoms with Gasteiger partial charge in [0.25, 0.3) is 5.91 Å². The molecule has 2 aromatic heterocycles. The van der Waals surface area contributed by atoms with Gasteiger partial charge in [-0.1, -0.05) is 30.3 Å². The first-order valence-electron chi connectivity index (χ1n) is 11.0. The fourth-order valence-electron chi connectivity index (χ4n) is 4.60. The molecule has 1 saturated heterocycles. The largest absolute Gasteiger partial charge is 0.338 e. The molecule has 1 atom stereocenters. The summed E-state index contributed by atoms with van der Waals surface area (Å²) in [5, 5.41) is 4.12. The van der Waals surface area contributed by atoms with Gasteiger partial charge in [-0.15, -0.1) is 0 Å². The van der Waals surface area contributed by atoms with E-state index >= 15 is 0 Å². The highest BCUT2D eigenvalue weighted by Crippen LogP contribution is 2.33. The van der Waals surface area contributed by atoms with Crippen LogP contribution in [0.5, 0.6) is 0 Å². The highest BCUT2D eigenvalue weighted by atomic mass is 16.2. The predicted octanol–water partition coefficient (Wildman–Crippen LogP) is 2.63. The minimum atomic E-state index is -0.0124. The molecule has 0 unspecified atom stereocenters. The van der Waals surface area contributed by atoms with Gasteiger partial charge in [0.2, 0.25) is 5.91 Å². The van der Waals surface area contributed by atoms with Crippen LogP contribution in [0.25, 0.3) is 0 Å². The van der Waals surface area contributed by atoms with E-state index < -0.39 is 0 Å². The molecule has 3 aromatic rings. The summed E-state index contributed by atoms with van der Waals surface area (Å²) in [5.74, 6) is 1.52. The Hall–Kier alpha value is -3.55. The summed E-state index contributed by atoms with van der Waals surface area (Å²) in [6.45, 7) is 3.73. The van der Waals surface area contributed by atoms with Gasteiger partial charge in [0.1, 0.15) is 11.6 Å². The molecule has 1 fully saturated rings. The van der Waals surface area contributed by atoms with Crippen molar-refractivity contribution in [2.45, 2.75) is 38.6 Å². The second-order valence-electron chi connectivity index (χ2n) is 8.60. The molecular formula is C24H26N6O2. The molecule has 0 radical (unpaired) electrons. The van der Waals surface area contributed by atoms with Gasteiger partial charge in [0, 0.05) is 43.5 Å². The molecule has 8 heteroatoms. The lowest BCUT2D eigenvalue weighted by Gasteiger charge is -2.32. The lowest BCUT2D eigenvalue weighted by Crippen LogP contribution is -2.39. The number of aryl methyl sites for hydroxylation is 2. The van der Waals surface area contributed by atoms with Gasteiger partial charge in [-0.2, -0.15) is 5.10 Å². The van der Waals surface area contributed by atoms with E-state index in [2.05, 4.69) is 5.10 Å². The Balaban J connectivity index is 1.40. The minimum absolute atomic E-state index is 0.0124. The molecule has 0 saturated carbocycles. The number of carbonyl (C=O) groups excluding carboxylic acids is 2. The van der Waals surface area contributed by atoms with Crippen molar-refractivity contribution in [3.63, 3.8) is 0 Å². The van der Waals surface area contributed by atoms with Gasteiger partial charge < -0.3 is 4.90 Å². The summed E-state index contributed by atoms with van der Waals surface area (Å²) in [5.41, 5.74) is 3.43. The maximum absolute atomic E-state index is 12.9. The Bertz CT molecular complexity index is 1170. The molecule has 0 spiro atoms. The molecule has 5 rings (SSSR count). The van der Waals surface area contributed by atoms with Crippen molar-refractivity contribution in [3.8, 4) is 0 Å². The molecule has 2 aliphatic rings. The Kier molecular flexibility index (Phi) is 5.20. The van der Waals surface area contributed by atoms with Crippen LogP contribution in [0, 0.1) is 6.92 Å². The van der Waals surface area contributed by atoms with Crippen LogP contribution in [0.4, 0.5) is 5.82 Å². The summed E-state index contributed by atoms with van der Waals surface area (Å²) in [7, 11) is 1.80. The van der Waals surface area contributed by atoms with Gasteiger partial charge >= 0.3 is 0 Å². The summed E-state index contributed by atoms with van der Waals surface area (Å²) in [4.78, 5) is 39.0. The molecule has 32 heavy (non-hydrogen) atoms. The molecule has 2 aliphatic heterocycles. The SMILES string of the molecule is Cc1nc([C@@H]2CCCN(C(=O)c3cnn(C)c3)C2)nc2c1CC(=O)N2Cc1ccccc1. The van der Waals surface area contributed by atoms with Crippen LogP contribution >= 0.6 is 0 Å². The second-order valence-corrected chi connectivity index (χ2v) is 8.60. The topological polar surface area (TPSA) is 84.2 Å². The number of hydrogen-bond acceptors (Lipinski definition) is 5. The van der Waals surface area contributed by atoms with Crippen molar-refractivity contribution in [1.82, 2.24) is 24.6 Å². The van der Waals surface area contributed by atoms with E-state index in [-0.39, 0.29) is 17.7 Å². The maximum atomic E-state index is 12.9. The van der Waals surface area contributed by atoms with Crippen LogP contribution in [0.2, 0.25) is 0 Å². The van der Waals surface area contributed by atoms with E-state index in [9.17, 15) is 9.59 Å². The number of piperidine rings is 1. The molecule has 1 aromatic carbocycles. The van der Waals surface area contributed by atoms with Gasteiger partial charge in [-0.05, 0) is 25.3 Å². The van der Waals surface area contributed by atoms with Crippen molar-refractivity contribution in [2.24, 2.45) is 7.05 Å². The van der Waals surface area contributed by atoms with E-state index in [0.717, 1.165) is 41.3 Å². The molecule has 0 aliphatic carbocycles.